The van der Waals surface area contributed by atoms with E-state index in [1.54, 1.807) is 6.07 Å². The van der Waals surface area contributed by atoms with Crippen LogP contribution in [0.25, 0.3) is 5.69 Å². The minimum atomic E-state index is -0.182. The molecule has 170 valence electrons. The third-order valence-corrected chi connectivity index (χ3v) is 7.54. The number of unbranched alkanes of at least 4 members (excludes halogenated alkanes) is 2. The molecule has 0 N–H and O–H groups in total. The van der Waals surface area contributed by atoms with Gasteiger partial charge in [0.1, 0.15) is 5.82 Å². The van der Waals surface area contributed by atoms with Crippen LogP contribution in [0.4, 0.5) is 4.39 Å². The number of hydrogen-bond acceptors (Lipinski definition) is 3. The standard InChI is InChI=1S/C27H28ClFN4/c1-18-21-13-19(14-26(21)31-33(18)27-9-5-4-8-24(27)28)7-3-2-6-12-32-16-22-20(15-30)10-11-25(29)23(22)17-32/h4-5,8-11,19H,2-3,6-7,12-14,16-17H2,1H3. The van der Waals surface area contributed by atoms with E-state index >= 15 is 0 Å². The maximum Gasteiger partial charge on any atom is 0.128 e. The van der Waals surface area contributed by atoms with Crippen molar-refractivity contribution in [2.24, 2.45) is 5.92 Å². The van der Waals surface area contributed by atoms with Gasteiger partial charge in [-0.25, -0.2) is 9.07 Å². The van der Waals surface area contributed by atoms with Gasteiger partial charge in [-0.1, -0.05) is 36.6 Å². The maximum absolute atomic E-state index is 14.1. The van der Waals surface area contributed by atoms with Crippen LogP contribution in [0.3, 0.4) is 0 Å². The normalized spacial score (nSPS) is 17.2. The summed E-state index contributed by atoms with van der Waals surface area (Å²) in [4.78, 5) is 2.26. The van der Waals surface area contributed by atoms with Crippen LogP contribution in [0.5, 0.6) is 0 Å². The number of halogens is 2. The Hall–Kier alpha value is -2.68. The SMILES string of the molecule is Cc1c2c(nn1-c1ccccc1Cl)CC(CCCCCN1Cc3c(F)ccc(C#N)c3C1)C2. The number of rotatable bonds is 7. The summed E-state index contributed by atoms with van der Waals surface area (Å²) in [6.07, 6.45) is 6.85. The fraction of sp³-hybridized carbons (Fsp3) is 0.407. The molecule has 2 aromatic carbocycles. The molecule has 1 aromatic heterocycles. The number of hydrogen-bond donors (Lipinski definition) is 0. The number of benzene rings is 2. The molecule has 1 atom stereocenters. The Morgan fingerprint density at radius 2 is 1.88 bits per heavy atom. The Morgan fingerprint density at radius 1 is 1.06 bits per heavy atom. The summed E-state index contributed by atoms with van der Waals surface area (Å²) in [6.45, 7) is 4.40. The zero-order valence-corrected chi connectivity index (χ0v) is 19.7. The predicted molar refractivity (Wildman–Crippen MR) is 128 cm³/mol. The van der Waals surface area contributed by atoms with Gasteiger partial charge in [0.2, 0.25) is 0 Å². The molecule has 33 heavy (non-hydrogen) atoms. The molecule has 0 saturated heterocycles. The summed E-state index contributed by atoms with van der Waals surface area (Å²) in [5.41, 5.74) is 6.98. The van der Waals surface area contributed by atoms with E-state index in [2.05, 4.69) is 17.9 Å². The lowest BCUT2D eigenvalue weighted by Crippen LogP contribution is -2.18. The average Bonchev–Trinajstić information content (AvgIpc) is 3.49. The van der Waals surface area contributed by atoms with Gasteiger partial charge in [-0.15, -0.1) is 0 Å². The first-order valence-corrected chi connectivity index (χ1v) is 12.2. The van der Waals surface area contributed by atoms with E-state index in [0.717, 1.165) is 42.1 Å². The fourth-order valence-electron chi connectivity index (χ4n) is 5.45. The molecule has 0 bridgehead atoms. The van der Waals surface area contributed by atoms with Crippen molar-refractivity contribution in [2.75, 3.05) is 6.54 Å². The topological polar surface area (TPSA) is 44.9 Å². The molecular formula is C27H28ClFN4. The van der Waals surface area contributed by atoms with Crippen LogP contribution < -0.4 is 0 Å². The largest absolute Gasteiger partial charge is 0.295 e. The fourth-order valence-corrected chi connectivity index (χ4v) is 5.66. The molecule has 0 amide bonds. The first-order valence-electron chi connectivity index (χ1n) is 11.8. The molecule has 1 aliphatic heterocycles. The summed E-state index contributed by atoms with van der Waals surface area (Å²) in [5.74, 6) is 0.490. The van der Waals surface area contributed by atoms with Gasteiger partial charge < -0.3 is 0 Å². The summed E-state index contributed by atoms with van der Waals surface area (Å²) in [7, 11) is 0. The zero-order valence-electron chi connectivity index (χ0n) is 19.0. The van der Waals surface area contributed by atoms with Gasteiger partial charge in [-0.3, -0.25) is 4.90 Å². The lowest BCUT2D eigenvalue weighted by Gasteiger charge is -2.15. The number of nitriles is 1. The van der Waals surface area contributed by atoms with Crippen molar-refractivity contribution in [3.05, 3.63) is 80.9 Å². The van der Waals surface area contributed by atoms with Crippen molar-refractivity contribution in [1.29, 1.82) is 5.26 Å². The van der Waals surface area contributed by atoms with Crippen LogP contribution in [0, 0.1) is 30.0 Å². The van der Waals surface area contributed by atoms with Gasteiger partial charge in [0.25, 0.3) is 0 Å². The third kappa shape index (κ3) is 4.30. The number of fused-ring (bicyclic) bond motifs is 2. The molecule has 0 spiro atoms. The van der Waals surface area contributed by atoms with Crippen LogP contribution in [0.15, 0.2) is 36.4 Å². The van der Waals surface area contributed by atoms with Crippen LogP contribution >= 0.6 is 11.6 Å². The van der Waals surface area contributed by atoms with E-state index in [4.69, 9.17) is 16.7 Å². The van der Waals surface area contributed by atoms with E-state index in [-0.39, 0.29) is 5.82 Å². The van der Waals surface area contributed by atoms with Crippen LogP contribution in [0.1, 0.15) is 59.3 Å². The van der Waals surface area contributed by atoms with Gasteiger partial charge in [0, 0.05) is 24.3 Å². The minimum Gasteiger partial charge on any atom is -0.295 e. The second-order valence-electron chi connectivity index (χ2n) is 9.37. The lowest BCUT2D eigenvalue weighted by molar-refractivity contribution is 0.273. The van der Waals surface area contributed by atoms with Crippen molar-refractivity contribution in [2.45, 2.75) is 58.5 Å². The molecule has 0 saturated carbocycles. The molecule has 1 unspecified atom stereocenters. The van der Waals surface area contributed by atoms with Crippen LogP contribution in [-0.4, -0.2) is 21.2 Å². The number of para-hydroxylation sites is 1. The summed E-state index contributed by atoms with van der Waals surface area (Å²) in [5, 5.41) is 14.9. The Morgan fingerprint density at radius 3 is 2.67 bits per heavy atom. The highest BCUT2D eigenvalue weighted by Gasteiger charge is 2.28. The first-order chi connectivity index (χ1) is 16.0. The molecule has 2 heterocycles. The highest BCUT2D eigenvalue weighted by Crippen LogP contribution is 2.34. The smallest absolute Gasteiger partial charge is 0.128 e. The van der Waals surface area contributed by atoms with Gasteiger partial charge >= 0.3 is 0 Å². The van der Waals surface area contributed by atoms with Crippen molar-refractivity contribution < 1.29 is 4.39 Å². The number of nitrogens with zero attached hydrogens (tertiary/aromatic N) is 4. The Labute approximate surface area is 199 Å². The Kier molecular flexibility index (Phi) is 6.23. The average molecular weight is 463 g/mol. The predicted octanol–water partition coefficient (Wildman–Crippen LogP) is 6.14. The van der Waals surface area contributed by atoms with Crippen molar-refractivity contribution in [1.82, 2.24) is 14.7 Å². The minimum absolute atomic E-state index is 0.182. The molecule has 5 rings (SSSR count). The summed E-state index contributed by atoms with van der Waals surface area (Å²) >= 11 is 6.38. The van der Waals surface area contributed by atoms with E-state index in [1.165, 1.54) is 42.3 Å². The first kappa shape index (κ1) is 22.1. The molecule has 3 aromatic rings. The Balaban J connectivity index is 1.08. The van der Waals surface area contributed by atoms with Crippen molar-refractivity contribution in [3.63, 3.8) is 0 Å². The van der Waals surface area contributed by atoms with E-state index in [9.17, 15) is 9.65 Å². The molecule has 1 aliphatic carbocycles. The van der Waals surface area contributed by atoms with Gasteiger partial charge in [0.15, 0.2) is 0 Å². The summed E-state index contributed by atoms with van der Waals surface area (Å²) < 4.78 is 16.1. The van der Waals surface area contributed by atoms with E-state index < -0.39 is 0 Å². The zero-order chi connectivity index (χ0) is 22.9. The second kappa shape index (κ2) is 9.29. The van der Waals surface area contributed by atoms with Crippen molar-refractivity contribution in [3.8, 4) is 11.8 Å². The molecule has 0 radical (unpaired) electrons. The van der Waals surface area contributed by atoms with E-state index in [1.807, 2.05) is 28.9 Å². The van der Waals surface area contributed by atoms with Gasteiger partial charge in [-0.2, -0.15) is 10.4 Å². The molecule has 6 heteroatoms. The van der Waals surface area contributed by atoms with Crippen molar-refractivity contribution >= 4 is 11.6 Å². The highest BCUT2D eigenvalue weighted by atomic mass is 35.5. The van der Waals surface area contributed by atoms with Crippen LogP contribution in [0.2, 0.25) is 5.02 Å². The molecule has 0 fully saturated rings. The second-order valence-corrected chi connectivity index (χ2v) is 9.78. The maximum atomic E-state index is 14.1. The molecule has 4 nitrogen and oxygen atoms in total. The monoisotopic (exact) mass is 462 g/mol. The highest BCUT2D eigenvalue weighted by molar-refractivity contribution is 6.32. The third-order valence-electron chi connectivity index (χ3n) is 7.22. The Bertz CT molecular complexity index is 1230. The van der Waals surface area contributed by atoms with Gasteiger partial charge in [-0.05, 0) is 80.5 Å². The quantitative estimate of drug-likeness (QED) is 0.396. The lowest BCUT2D eigenvalue weighted by atomic mass is 9.98. The van der Waals surface area contributed by atoms with E-state index in [0.29, 0.717) is 30.1 Å². The summed E-state index contributed by atoms with van der Waals surface area (Å²) in [6, 6.07) is 13.1. The molecule has 2 aliphatic rings. The van der Waals surface area contributed by atoms with Crippen LogP contribution in [-0.2, 0) is 25.9 Å². The molecular weight excluding hydrogens is 435 g/mol. The number of aromatic nitrogens is 2. The van der Waals surface area contributed by atoms with Gasteiger partial charge in [0.05, 0.1) is 28.0 Å².